The Morgan fingerprint density at radius 3 is 2.67 bits per heavy atom. The molecule has 0 unspecified atom stereocenters. The molecule has 0 atom stereocenters. The average Bonchev–Trinajstić information content (AvgIpc) is 2.04. The Bertz CT molecular complexity index is 144. The number of ether oxygens (including phenoxy) is 1. The van der Waals surface area contributed by atoms with Crippen molar-refractivity contribution in [3.63, 3.8) is 0 Å². The SMILES string of the molecule is C#CCCCOCC(C)(C)CO. The molecule has 0 radical (unpaired) electrons. The molecule has 0 aliphatic rings. The average molecular weight is 170 g/mol. The van der Waals surface area contributed by atoms with Crippen molar-refractivity contribution >= 4 is 0 Å². The fraction of sp³-hybridized carbons (Fsp3) is 0.800. The molecule has 0 aliphatic heterocycles. The first-order valence-corrected chi connectivity index (χ1v) is 4.24. The fourth-order valence-corrected chi connectivity index (χ4v) is 0.670. The van der Waals surface area contributed by atoms with E-state index in [0.717, 1.165) is 12.8 Å². The van der Waals surface area contributed by atoms with Gasteiger partial charge in [0.2, 0.25) is 0 Å². The highest BCUT2D eigenvalue weighted by Crippen LogP contribution is 2.13. The van der Waals surface area contributed by atoms with E-state index in [-0.39, 0.29) is 12.0 Å². The molecule has 0 amide bonds. The van der Waals surface area contributed by atoms with Crippen molar-refractivity contribution in [1.82, 2.24) is 0 Å². The number of aliphatic hydroxyl groups is 1. The Balaban J connectivity index is 3.26. The summed E-state index contributed by atoms with van der Waals surface area (Å²) in [6.07, 6.45) is 6.74. The smallest absolute Gasteiger partial charge is 0.0539 e. The van der Waals surface area contributed by atoms with E-state index < -0.39 is 0 Å². The topological polar surface area (TPSA) is 29.5 Å². The van der Waals surface area contributed by atoms with E-state index in [1.54, 1.807) is 0 Å². The monoisotopic (exact) mass is 170 g/mol. The summed E-state index contributed by atoms with van der Waals surface area (Å²) in [6, 6.07) is 0. The minimum absolute atomic E-state index is 0.129. The van der Waals surface area contributed by atoms with Crippen LogP contribution in [-0.4, -0.2) is 24.9 Å². The molecule has 1 N–H and O–H groups in total. The second-order valence-electron chi connectivity index (χ2n) is 3.68. The summed E-state index contributed by atoms with van der Waals surface area (Å²) in [5, 5.41) is 8.88. The van der Waals surface area contributed by atoms with Crippen LogP contribution in [0.1, 0.15) is 26.7 Å². The van der Waals surface area contributed by atoms with E-state index in [9.17, 15) is 0 Å². The second kappa shape index (κ2) is 6.05. The molecule has 2 nitrogen and oxygen atoms in total. The van der Waals surface area contributed by atoms with Crippen LogP contribution in [-0.2, 0) is 4.74 Å². The van der Waals surface area contributed by atoms with Gasteiger partial charge in [0, 0.05) is 18.4 Å². The third-order valence-corrected chi connectivity index (χ3v) is 1.53. The Labute approximate surface area is 74.9 Å². The standard InChI is InChI=1S/C10H18O2/c1-4-5-6-7-12-9-10(2,3)8-11/h1,11H,5-9H2,2-3H3. The molecule has 0 fully saturated rings. The second-order valence-corrected chi connectivity index (χ2v) is 3.68. The summed E-state index contributed by atoms with van der Waals surface area (Å²) >= 11 is 0. The van der Waals surface area contributed by atoms with Crippen LogP contribution in [0.25, 0.3) is 0 Å². The minimum Gasteiger partial charge on any atom is -0.396 e. The van der Waals surface area contributed by atoms with Crippen LogP contribution in [0.2, 0.25) is 0 Å². The molecule has 0 aromatic heterocycles. The predicted molar refractivity (Wildman–Crippen MR) is 49.8 cm³/mol. The van der Waals surface area contributed by atoms with Crippen molar-refractivity contribution in [3.05, 3.63) is 0 Å². The van der Waals surface area contributed by atoms with Gasteiger partial charge in [-0.15, -0.1) is 12.3 Å². The van der Waals surface area contributed by atoms with Gasteiger partial charge in [-0.25, -0.2) is 0 Å². The maximum atomic E-state index is 8.88. The number of rotatable bonds is 6. The molecule has 0 spiro atoms. The van der Waals surface area contributed by atoms with Crippen LogP contribution >= 0.6 is 0 Å². The van der Waals surface area contributed by atoms with Gasteiger partial charge in [0.1, 0.15) is 0 Å². The van der Waals surface area contributed by atoms with Crippen molar-refractivity contribution in [2.45, 2.75) is 26.7 Å². The van der Waals surface area contributed by atoms with Crippen molar-refractivity contribution in [2.24, 2.45) is 5.41 Å². The van der Waals surface area contributed by atoms with E-state index in [1.165, 1.54) is 0 Å². The quantitative estimate of drug-likeness (QED) is 0.483. The molecule has 0 aliphatic carbocycles. The molecular formula is C10H18O2. The number of terminal acetylenes is 1. The molecule has 0 saturated heterocycles. The van der Waals surface area contributed by atoms with Gasteiger partial charge in [-0.05, 0) is 6.42 Å². The maximum absolute atomic E-state index is 8.88. The minimum atomic E-state index is -0.129. The fourth-order valence-electron chi connectivity index (χ4n) is 0.670. The molecule has 0 bridgehead atoms. The Hall–Kier alpha value is -0.520. The number of hydrogen-bond donors (Lipinski definition) is 1. The third-order valence-electron chi connectivity index (χ3n) is 1.53. The largest absolute Gasteiger partial charge is 0.396 e. The molecule has 0 heterocycles. The van der Waals surface area contributed by atoms with Gasteiger partial charge in [0.25, 0.3) is 0 Å². The molecular weight excluding hydrogens is 152 g/mol. The van der Waals surface area contributed by atoms with Gasteiger partial charge in [0.15, 0.2) is 0 Å². The van der Waals surface area contributed by atoms with Crippen LogP contribution < -0.4 is 0 Å². The van der Waals surface area contributed by atoms with Crippen molar-refractivity contribution in [1.29, 1.82) is 0 Å². The number of aliphatic hydroxyl groups excluding tert-OH is 1. The van der Waals surface area contributed by atoms with Crippen LogP contribution in [0, 0.1) is 17.8 Å². The van der Waals surface area contributed by atoms with Gasteiger partial charge in [0.05, 0.1) is 13.2 Å². The van der Waals surface area contributed by atoms with Crippen molar-refractivity contribution in [2.75, 3.05) is 19.8 Å². The third kappa shape index (κ3) is 6.21. The first-order valence-electron chi connectivity index (χ1n) is 4.24. The molecule has 70 valence electrons. The van der Waals surface area contributed by atoms with Crippen LogP contribution in [0.15, 0.2) is 0 Å². The van der Waals surface area contributed by atoms with Gasteiger partial charge in [-0.3, -0.25) is 0 Å². The Morgan fingerprint density at radius 1 is 1.50 bits per heavy atom. The van der Waals surface area contributed by atoms with Gasteiger partial charge < -0.3 is 9.84 Å². The number of unbranched alkanes of at least 4 members (excludes halogenated alkanes) is 1. The summed E-state index contributed by atoms with van der Waals surface area (Å²) in [5.41, 5.74) is -0.129. The highest BCUT2D eigenvalue weighted by Gasteiger charge is 2.15. The molecule has 2 heteroatoms. The van der Waals surface area contributed by atoms with E-state index in [4.69, 9.17) is 16.3 Å². The summed E-state index contributed by atoms with van der Waals surface area (Å²) in [6.45, 7) is 5.37. The Morgan fingerprint density at radius 2 is 2.17 bits per heavy atom. The first kappa shape index (κ1) is 11.5. The zero-order valence-electron chi connectivity index (χ0n) is 7.97. The summed E-state index contributed by atoms with van der Waals surface area (Å²) in [4.78, 5) is 0. The predicted octanol–water partition coefficient (Wildman–Crippen LogP) is 1.43. The van der Waals surface area contributed by atoms with E-state index in [1.807, 2.05) is 13.8 Å². The van der Waals surface area contributed by atoms with E-state index in [2.05, 4.69) is 5.92 Å². The summed E-state index contributed by atoms with van der Waals surface area (Å²) < 4.78 is 5.34. The van der Waals surface area contributed by atoms with Gasteiger partial charge >= 0.3 is 0 Å². The van der Waals surface area contributed by atoms with Crippen LogP contribution in [0.5, 0.6) is 0 Å². The van der Waals surface area contributed by atoms with Crippen molar-refractivity contribution in [3.8, 4) is 12.3 Å². The van der Waals surface area contributed by atoms with Gasteiger partial charge in [-0.2, -0.15) is 0 Å². The molecule has 0 rings (SSSR count). The number of hydrogen-bond acceptors (Lipinski definition) is 2. The maximum Gasteiger partial charge on any atom is 0.0539 e. The van der Waals surface area contributed by atoms with Crippen LogP contribution in [0.3, 0.4) is 0 Å². The highest BCUT2D eigenvalue weighted by atomic mass is 16.5. The lowest BCUT2D eigenvalue weighted by Crippen LogP contribution is -2.23. The first-order chi connectivity index (χ1) is 5.62. The summed E-state index contributed by atoms with van der Waals surface area (Å²) in [5.74, 6) is 2.55. The normalized spacial score (nSPS) is 11.2. The highest BCUT2D eigenvalue weighted by molar-refractivity contribution is 4.82. The van der Waals surface area contributed by atoms with E-state index in [0.29, 0.717) is 13.2 Å². The van der Waals surface area contributed by atoms with Crippen molar-refractivity contribution < 1.29 is 9.84 Å². The zero-order valence-corrected chi connectivity index (χ0v) is 7.97. The van der Waals surface area contributed by atoms with Gasteiger partial charge in [-0.1, -0.05) is 13.8 Å². The Kier molecular flexibility index (Phi) is 5.79. The van der Waals surface area contributed by atoms with Crippen LogP contribution in [0.4, 0.5) is 0 Å². The zero-order chi connectivity index (χ0) is 9.45. The molecule has 0 aromatic carbocycles. The lowest BCUT2D eigenvalue weighted by Gasteiger charge is -2.20. The van der Waals surface area contributed by atoms with E-state index >= 15 is 0 Å². The molecule has 12 heavy (non-hydrogen) atoms. The lowest BCUT2D eigenvalue weighted by atomic mass is 9.97. The lowest BCUT2D eigenvalue weighted by molar-refractivity contribution is 0.0275. The summed E-state index contributed by atoms with van der Waals surface area (Å²) in [7, 11) is 0. The molecule has 0 saturated carbocycles. The molecule has 0 aromatic rings.